The summed E-state index contributed by atoms with van der Waals surface area (Å²) in [6.45, 7) is 3.86. The molecule has 0 bridgehead atoms. The number of likely N-dealkylation sites (tertiary alicyclic amines) is 1. The van der Waals surface area contributed by atoms with E-state index in [1.807, 2.05) is 18.2 Å². The number of piperidine rings is 1. The molecule has 1 aromatic rings. The van der Waals surface area contributed by atoms with E-state index in [0.29, 0.717) is 43.5 Å². The number of allylic oxidation sites excluding steroid dienone is 1. The Morgan fingerprint density at radius 3 is 2.70 bits per heavy atom. The molecule has 0 radical (unpaired) electrons. The number of aliphatic hydroxyl groups excluding tert-OH is 1. The van der Waals surface area contributed by atoms with Crippen molar-refractivity contribution in [3.05, 3.63) is 41.6 Å². The van der Waals surface area contributed by atoms with Gasteiger partial charge in [-0.1, -0.05) is 6.07 Å². The number of rotatable bonds is 3. The van der Waals surface area contributed by atoms with E-state index in [9.17, 15) is 9.90 Å². The number of ether oxygens (including phenoxy) is 2. The van der Waals surface area contributed by atoms with Crippen molar-refractivity contribution in [3.8, 4) is 0 Å². The topological polar surface area (TPSA) is 71.9 Å². The van der Waals surface area contributed by atoms with E-state index in [2.05, 4.69) is 4.98 Å². The summed E-state index contributed by atoms with van der Waals surface area (Å²) in [7, 11) is 0. The fourth-order valence-electron chi connectivity index (χ4n) is 3.07. The minimum Gasteiger partial charge on any atom is -0.491 e. The Bertz CT molecular complexity index is 580. The van der Waals surface area contributed by atoms with Crippen molar-refractivity contribution in [1.82, 2.24) is 9.88 Å². The molecule has 0 spiro atoms. The Balaban J connectivity index is 1.59. The first-order valence-electron chi connectivity index (χ1n) is 8.01. The van der Waals surface area contributed by atoms with Crippen LogP contribution in [0.3, 0.4) is 0 Å². The Morgan fingerprint density at radius 1 is 1.30 bits per heavy atom. The molecule has 2 aliphatic rings. The van der Waals surface area contributed by atoms with Crippen LogP contribution in [0.2, 0.25) is 0 Å². The number of pyridine rings is 1. The largest absolute Gasteiger partial charge is 0.491 e. The van der Waals surface area contributed by atoms with Gasteiger partial charge in [-0.2, -0.15) is 0 Å². The fourth-order valence-corrected chi connectivity index (χ4v) is 3.07. The lowest BCUT2D eigenvalue weighted by Gasteiger charge is -2.35. The molecular weight excluding hydrogens is 296 g/mol. The maximum absolute atomic E-state index is 12.5. The SMILES string of the molecule is CC1=C(C(=O)N2CCC(C(O)c3ccccn3)CC2)OCCO1. The van der Waals surface area contributed by atoms with Crippen molar-refractivity contribution in [1.29, 1.82) is 0 Å². The molecular formula is C17H22N2O4. The van der Waals surface area contributed by atoms with Gasteiger partial charge < -0.3 is 19.5 Å². The molecule has 1 fully saturated rings. The molecule has 1 saturated heterocycles. The standard InChI is InChI=1S/C17H22N2O4/c1-12-16(23-11-10-22-12)17(21)19-8-5-13(6-9-19)15(20)14-4-2-3-7-18-14/h2-4,7,13,15,20H,5-6,8-11H2,1H3. The van der Waals surface area contributed by atoms with Crippen molar-refractivity contribution in [2.75, 3.05) is 26.3 Å². The number of aromatic nitrogens is 1. The Kier molecular flexibility index (Phi) is 4.81. The Morgan fingerprint density at radius 2 is 2.04 bits per heavy atom. The second-order valence-electron chi connectivity index (χ2n) is 5.91. The van der Waals surface area contributed by atoms with Crippen LogP contribution in [-0.2, 0) is 14.3 Å². The highest BCUT2D eigenvalue weighted by Gasteiger charge is 2.32. The van der Waals surface area contributed by atoms with E-state index >= 15 is 0 Å². The highest BCUT2D eigenvalue weighted by Crippen LogP contribution is 2.30. The van der Waals surface area contributed by atoms with Gasteiger partial charge in [0, 0.05) is 19.3 Å². The second kappa shape index (κ2) is 7.00. The number of aliphatic hydroxyl groups is 1. The molecule has 1 N–H and O–H groups in total. The van der Waals surface area contributed by atoms with Crippen LogP contribution in [0, 0.1) is 5.92 Å². The first-order chi connectivity index (χ1) is 11.2. The number of amides is 1. The predicted octanol–water partition coefficient (Wildman–Crippen LogP) is 1.63. The van der Waals surface area contributed by atoms with Crippen LogP contribution in [0.1, 0.15) is 31.6 Å². The van der Waals surface area contributed by atoms with E-state index < -0.39 is 6.10 Å². The molecule has 3 rings (SSSR count). The number of carbonyl (C=O) groups is 1. The zero-order chi connectivity index (χ0) is 16.2. The van der Waals surface area contributed by atoms with Gasteiger partial charge in [-0.15, -0.1) is 0 Å². The lowest BCUT2D eigenvalue weighted by molar-refractivity contribution is -0.134. The van der Waals surface area contributed by atoms with Gasteiger partial charge >= 0.3 is 0 Å². The first kappa shape index (κ1) is 15.8. The van der Waals surface area contributed by atoms with Crippen LogP contribution in [0.4, 0.5) is 0 Å². The van der Waals surface area contributed by atoms with Crippen molar-refractivity contribution in [3.63, 3.8) is 0 Å². The quantitative estimate of drug-likeness (QED) is 0.917. The molecule has 1 unspecified atom stereocenters. The molecule has 2 aliphatic heterocycles. The molecule has 6 nitrogen and oxygen atoms in total. The van der Waals surface area contributed by atoms with Crippen molar-refractivity contribution in [2.45, 2.75) is 25.9 Å². The molecule has 1 atom stereocenters. The molecule has 3 heterocycles. The summed E-state index contributed by atoms with van der Waals surface area (Å²) < 4.78 is 10.8. The van der Waals surface area contributed by atoms with Gasteiger partial charge in [-0.3, -0.25) is 9.78 Å². The van der Waals surface area contributed by atoms with E-state index in [0.717, 1.165) is 12.8 Å². The van der Waals surface area contributed by atoms with E-state index in [1.165, 1.54) is 0 Å². The summed E-state index contributed by atoms with van der Waals surface area (Å²) in [5.74, 6) is 0.873. The minimum atomic E-state index is -0.580. The van der Waals surface area contributed by atoms with Crippen molar-refractivity contribution < 1.29 is 19.4 Å². The zero-order valence-electron chi connectivity index (χ0n) is 13.3. The van der Waals surface area contributed by atoms with Gasteiger partial charge in [0.15, 0.2) is 0 Å². The highest BCUT2D eigenvalue weighted by atomic mass is 16.6. The Labute approximate surface area is 135 Å². The van der Waals surface area contributed by atoms with Gasteiger partial charge in [-0.05, 0) is 37.8 Å². The van der Waals surface area contributed by atoms with Crippen molar-refractivity contribution >= 4 is 5.91 Å². The number of nitrogens with zero attached hydrogens (tertiary/aromatic N) is 2. The monoisotopic (exact) mass is 318 g/mol. The number of hydrogen-bond donors (Lipinski definition) is 1. The lowest BCUT2D eigenvalue weighted by Crippen LogP contribution is -2.41. The molecule has 6 heteroatoms. The molecule has 23 heavy (non-hydrogen) atoms. The van der Waals surface area contributed by atoms with E-state index in [-0.39, 0.29) is 11.8 Å². The van der Waals surface area contributed by atoms with Gasteiger partial charge in [0.2, 0.25) is 5.76 Å². The molecule has 1 aromatic heterocycles. The maximum Gasteiger partial charge on any atom is 0.292 e. The maximum atomic E-state index is 12.5. The number of hydrogen-bond acceptors (Lipinski definition) is 5. The molecule has 0 saturated carbocycles. The predicted molar refractivity (Wildman–Crippen MR) is 83.1 cm³/mol. The summed E-state index contributed by atoms with van der Waals surface area (Å²) in [5.41, 5.74) is 0.694. The summed E-state index contributed by atoms with van der Waals surface area (Å²) >= 11 is 0. The average molecular weight is 318 g/mol. The normalized spacial score (nSPS) is 20.7. The van der Waals surface area contributed by atoms with Crippen LogP contribution in [0.5, 0.6) is 0 Å². The van der Waals surface area contributed by atoms with Crippen molar-refractivity contribution in [2.24, 2.45) is 5.92 Å². The summed E-state index contributed by atoms with van der Waals surface area (Å²) in [6.07, 6.45) is 2.60. The van der Waals surface area contributed by atoms with Gasteiger partial charge in [0.25, 0.3) is 5.91 Å². The molecule has 124 valence electrons. The lowest BCUT2D eigenvalue weighted by atomic mass is 9.89. The summed E-state index contributed by atoms with van der Waals surface area (Å²) in [5, 5.41) is 10.4. The smallest absolute Gasteiger partial charge is 0.292 e. The first-order valence-corrected chi connectivity index (χ1v) is 8.01. The number of carbonyl (C=O) groups excluding carboxylic acids is 1. The third kappa shape index (κ3) is 3.47. The summed E-state index contributed by atoms with van der Waals surface area (Å²) in [4.78, 5) is 18.5. The molecule has 0 aliphatic carbocycles. The third-order valence-corrected chi connectivity index (χ3v) is 4.43. The average Bonchev–Trinajstić information content (AvgIpc) is 2.62. The van der Waals surface area contributed by atoms with Crippen LogP contribution in [-0.4, -0.2) is 47.2 Å². The van der Waals surface area contributed by atoms with Gasteiger partial charge in [0.05, 0.1) is 11.8 Å². The molecule has 0 aromatic carbocycles. The van der Waals surface area contributed by atoms with E-state index in [4.69, 9.17) is 9.47 Å². The second-order valence-corrected chi connectivity index (χ2v) is 5.91. The van der Waals surface area contributed by atoms with Crippen LogP contribution in [0.15, 0.2) is 35.9 Å². The van der Waals surface area contributed by atoms with Crippen LogP contribution >= 0.6 is 0 Å². The fraction of sp³-hybridized carbons (Fsp3) is 0.529. The molecule has 1 amide bonds. The minimum absolute atomic E-state index is 0.118. The third-order valence-electron chi connectivity index (χ3n) is 4.43. The van der Waals surface area contributed by atoms with Crippen LogP contribution < -0.4 is 0 Å². The Hall–Kier alpha value is -2.08. The van der Waals surface area contributed by atoms with E-state index in [1.54, 1.807) is 18.0 Å². The summed E-state index contributed by atoms with van der Waals surface area (Å²) in [6, 6.07) is 5.54. The van der Waals surface area contributed by atoms with Gasteiger partial charge in [0.1, 0.15) is 19.0 Å². The van der Waals surface area contributed by atoms with Crippen LogP contribution in [0.25, 0.3) is 0 Å². The highest BCUT2D eigenvalue weighted by molar-refractivity contribution is 5.92. The zero-order valence-corrected chi connectivity index (χ0v) is 13.3. The van der Waals surface area contributed by atoms with Gasteiger partial charge in [-0.25, -0.2) is 0 Å².